The highest BCUT2D eigenvalue weighted by atomic mass is 15.2. The molecule has 0 bridgehead atoms. The van der Waals surface area contributed by atoms with Crippen molar-refractivity contribution in [3.63, 3.8) is 0 Å². The second-order valence-corrected chi connectivity index (χ2v) is 5.50. The van der Waals surface area contributed by atoms with Crippen molar-refractivity contribution < 1.29 is 0 Å². The van der Waals surface area contributed by atoms with E-state index in [-0.39, 0.29) is 0 Å². The molecule has 0 aliphatic rings. The van der Waals surface area contributed by atoms with Crippen LogP contribution >= 0.6 is 0 Å². The molecule has 2 aromatic rings. The summed E-state index contributed by atoms with van der Waals surface area (Å²) in [5.74, 6) is 0. The maximum absolute atomic E-state index is 3.33. The van der Waals surface area contributed by atoms with E-state index >= 15 is 0 Å². The molecular weight excluding hydrogens is 256 g/mol. The molecule has 0 spiro atoms. The molecule has 1 N–H and O–H groups in total. The Kier molecular flexibility index (Phi) is 6.45. The molecule has 21 heavy (non-hydrogen) atoms. The molecule has 0 fully saturated rings. The lowest BCUT2D eigenvalue weighted by molar-refractivity contribution is 0.171. The number of hydrogen-bond acceptors (Lipinski definition) is 2. The molecule has 0 heterocycles. The van der Waals surface area contributed by atoms with Crippen molar-refractivity contribution in [1.29, 1.82) is 0 Å². The molecule has 0 aliphatic heterocycles. The van der Waals surface area contributed by atoms with Crippen molar-refractivity contribution in [2.24, 2.45) is 0 Å². The van der Waals surface area contributed by atoms with E-state index in [1.54, 1.807) is 0 Å². The third kappa shape index (κ3) is 5.00. The van der Waals surface area contributed by atoms with Gasteiger partial charge in [-0.1, -0.05) is 67.6 Å². The molecule has 112 valence electrons. The lowest BCUT2D eigenvalue weighted by Gasteiger charge is -2.31. The molecule has 0 saturated carbocycles. The van der Waals surface area contributed by atoms with Crippen molar-refractivity contribution in [2.45, 2.75) is 32.5 Å². The molecule has 2 heteroatoms. The van der Waals surface area contributed by atoms with Crippen LogP contribution < -0.4 is 5.32 Å². The molecule has 0 radical (unpaired) electrons. The molecule has 0 amide bonds. The maximum Gasteiger partial charge on any atom is 0.0240 e. The smallest absolute Gasteiger partial charge is 0.0240 e. The Balaban J connectivity index is 2.13. The van der Waals surface area contributed by atoms with Gasteiger partial charge in [-0.05, 0) is 24.6 Å². The average Bonchev–Trinajstić information content (AvgIpc) is 2.54. The summed E-state index contributed by atoms with van der Waals surface area (Å²) in [4.78, 5) is 2.57. The van der Waals surface area contributed by atoms with Crippen LogP contribution in [0.4, 0.5) is 0 Å². The third-order valence-electron chi connectivity index (χ3n) is 3.88. The molecule has 2 rings (SSSR count). The van der Waals surface area contributed by atoms with Gasteiger partial charge in [0.2, 0.25) is 0 Å². The minimum absolute atomic E-state index is 0.551. The van der Waals surface area contributed by atoms with Crippen LogP contribution in [0.5, 0.6) is 0 Å². The predicted molar refractivity (Wildman–Crippen MR) is 90.1 cm³/mol. The number of hydrogen-bond donors (Lipinski definition) is 1. The highest BCUT2D eigenvalue weighted by Crippen LogP contribution is 2.15. The first-order valence-corrected chi connectivity index (χ1v) is 7.80. The number of likely N-dealkylation sites (N-methyl/N-ethyl adjacent to an activating group) is 1. The maximum atomic E-state index is 3.33. The van der Waals surface area contributed by atoms with Gasteiger partial charge in [0, 0.05) is 25.7 Å². The number of benzene rings is 2. The topological polar surface area (TPSA) is 15.3 Å². The molecule has 2 aromatic carbocycles. The molecular formula is C19H26N2. The van der Waals surface area contributed by atoms with Gasteiger partial charge in [-0.25, -0.2) is 0 Å². The Hall–Kier alpha value is -1.64. The Morgan fingerprint density at radius 2 is 1.33 bits per heavy atom. The van der Waals surface area contributed by atoms with Gasteiger partial charge in [0.1, 0.15) is 0 Å². The largest absolute Gasteiger partial charge is 0.318 e. The zero-order chi connectivity index (χ0) is 14.9. The minimum Gasteiger partial charge on any atom is -0.318 e. The second-order valence-electron chi connectivity index (χ2n) is 5.50. The van der Waals surface area contributed by atoms with Crippen LogP contribution in [0.15, 0.2) is 60.7 Å². The monoisotopic (exact) mass is 282 g/mol. The van der Waals surface area contributed by atoms with Crippen LogP contribution in [-0.4, -0.2) is 24.5 Å². The van der Waals surface area contributed by atoms with E-state index in [9.17, 15) is 0 Å². The Bertz CT molecular complexity index is 454. The van der Waals surface area contributed by atoms with E-state index in [0.717, 1.165) is 26.1 Å². The van der Waals surface area contributed by atoms with E-state index in [0.29, 0.717) is 6.04 Å². The van der Waals surface area contributed by atoms with E-state index in [4.69, 9.17) is 0 Å². The van der Waals surface area contributed by atoms with Crippen LogP contribution in [0.25, 0.3) is 0 Å². The van der Waals surface area contributed by atoms with Gasteiger partial charge in [-0.15, -0.1) is 0 Å². The van der Waals surface area contributed by atoms with E-state index in [2.05, 4.69) is 77.8 Å². The van der Waals surface area contributed by atoms with Crippen molar-refractivity contribution >= 4 is 0 Å². The summed E-state index contributed by atoms with van der Waals surface area (Å²) in [5, 5.41) is 3.33. The lowest BCUT2D eigenvalue weighted by atomic mass is 10.1. The summed E-state index contributed by atoms with van der Waals surface area (Å²) in [6.45, 7) is 5.28. The molecule has 1 atom stereocenters. The summed E-state index contributed by atoms with van der Waals surface area (Å²) < 4.78 is 0. The number of nitrogens with one attached hydrogen (secondary N) is 1. The van der Waals surface area contributed by atoms with Crippen molar-refractivity contribution in [3.8, 4) is 0 Å². The molecule has 2 nitrogen and oxygen atoms in total. The zero-order valence-electron chi connectivity index (χ0n) is 13.1. The second kappa shape index (κ2) is 8.60. The third-order valence-corrected chi connectivity index (χ3v) is 3.88. The quantitative estimate of drug-likeness (QED) is 0.794. The van der Waals surface area contributed by atoms with Gasteiger partial charge in [0.15, 0.2) is 0 Å². The Morgan fingerprint density at radius 1 is 0.857 bits per heavy atom. The fourth-order valence-corrected chi connectivity index (χ4v) is 2.72. The molecule has 0 aromatic heterocycles. The summed E-state index contributed by atoms with van der Waals surface area (Å²) in [6.07, 6.45) is 1.15. The van der Waals surface area contributed by atoms with Gasteiger partial charge in [0.05, 0.1) is 0 Å². The van der Waals surface area contributed by atoms with Gasteiger partial charge >= 0.3 is 0 Å². The van der Waals surface area contributed by atoms with E-state index in [1.807, 2.05) is 7.05 Å². The first-order chi connectivity index (χ1) is 10.3. The van der Waals surface area contributed by atoms with Crippen molar-refractivity contribution in [3.05, 3.63) is 71.8 Å². The standard InChI is InChI=1S/C19H26N2/c1-3-19(14-20-2)21(15-17-10-6-4-7-11-17)16-18-12-8-5-9-13-18/h4-13,19-20H,3,14-16H2,1-2H3. The Morgan fingerprint density at radius 3 is 1.71 bits per heavy atom. The van der Waals surface area contributed by atoms with Crippen LogP contribution in [0.3, 0.4) is 0 Å². The van der Waals surface area contributed by atoms with Crippen LogP contribution in [0, 0.1) is 0 Å². The normalized spacial score (nSPS) is 12.5. The van der Waals surface area contributed by atoms with Gasteiger partial charge in [-0.2, -0.15) is 0 Å². The summed E-state index contributed by atoms with van der Waals surface area (Å²) >= 11 is 0. The van der Waals surface area contributed by atoms with E-state index < -0.39 is 0 Å². The summed E-state index contributed by atoms with van der Waals surface area (Å²) in [5.41, 5.74) is 2.76. The molecule has 0 aliphatic carbocycles. The first-order valence-electron chi connectivity index (χ1n) is 7.80. The van der Waals surface area contributed by atoms with Gasteiger partial charge in [-0.3, -0.25) is 4.90 Å². The van der Waals surface area contributed by atoms with E-state index in [1.165, 1.54) is 11.1 Å². The fraction of sp³-hybridized carbons (Fsp3) is 0.368. The minimum atomic E-state index is 0.551. The highest BCUT2D eigenvalue weighted by Gasteiger charge is 2.16. The average molecular weight is 282 g/mol. The van der Waals surface area contributed by atoms with Gasteiger partial charge < -0.3 is 5.32 Å². The van der Waals surface area contributed by atoms with Crippen LogP contribution in [0.2, 0.25) is 0 Å². The fourth-order valence-electron chi connectivity index (χ4n) is 2.72. The molecule has 0 saturated heterocycles. The SMILES string of the molecule is CCC(CNC)N(Cc1ccccc1)Cc1ccccc1. The Labute approximate surface area is 128 Å². The van der Waals surface area contributed by atoms with Crippen molar-refractivity contribution in [1.82, 2.24) is 10.2 Å². The van der Waals surface area contributed by atoms with Crippen LogP contribution in [-0.2, 0) is 13.1 Å². The summed E-state index contributed by atoms with van der Waals surface area (Å²) in [7, 11) is 2.03. The predicted octanol–water partition coefficient (Wildman–Crippen LogP) is 3.69. The number of rotatable bonds is 8. The van der Waals surface area contributed by atoms with Crippen LogP contribution in [0.1, 0.15) is 24.5 Å². The number of nitrogens with zero attached hydrogens (tertiary/aromatic N) is 1. The zero-order valence-corrected chi connectivity index (χ0v) is 13.1. The molecule has 1 unspecified atom stereocenters. The first kappa shape index (κ1) is 15.7. The lowest BCUT2D eigenvalue weighted by Crippen LogP contribution is -2.40. The van der Waals surface area contributed by atoms with Crippen molar-refractivity contribution in [2.75, 3.05) is 13.6 Å². The summed E-state index contributed by atoms with van der Waals surface area (Å²) in [6, 6.07) is 22.0. The van der Waals surface area contributed by atoms with Gasteiger partial charge in [0.25, 0.3) is 0 Å². The highest BCUT2D eigenvalue weighted by molar-refractivity contribution is 5.17.